The highest BCUT2D eigenvalue weighted by Crippen LogP contribution is 2.19. The molecular formula is C13H18O2. The van der Waals surface area contributed by atoms with Gasteiger partial charge >= 0.3 is 0 Å². The summed E-state index contributed by atoms with van der Waals surface area (Å²) in [7, 11) is 0. The van der Waals surface area contributed by atoms with Crippen molar-refractivity contribution >= 4 is 6.08 Å². The van der Waals surface area contributed by atoms with Gasteiger partial charge in [0.25, 0.3) is 0 Å². The molecule has 1 aromatic rings. The van der Waals surface area contributed by atoms with E-state index in [0.29, 0.717) is 12.5 Å². The van der Waals surface area contributed by atoms with Crippen LogP contribution in [0.5, 0.6) is 5.75 Å². The first kappa shape index (κ1) is 11.8. The monoisotopic (exact) mass is 206 g/mol. The van der Waals surface area contributed by atoms with E-state index in [-0.39, 0.29) is 6.61 Å². The van der Waals surface area contributed by atoms with Gasteiger partial charge in [-0.2, -0.15) is 0 Å². The number of ether oxygens (including phenoxy) is 1. The third kappa shape index (κ3) is 4.17. The molecule has 0 spiro atoms. The van der Waals surface area contributed by atoms with Crippen LogP contribution in [0, 0.1) is 5.92 Å². The van der Waals surface area contributed by atoms with Gasteiger partial charge in [-0.1, -0.05) is 44.2 Å². The quantitative estimate of drug-likeness (QED) is 0.802. The maximum Gasteiger partial charge on any atom is 0.126 e. The van der Waals surface area contributed by atoms with Gasteiger partial charge in [0.05, 0.1) is 6.61 Å². The molecule has 0 radical (unpaired) electrons. The van der Waals surface area contributed by atoms with Crippen LogP contribution in [0.4, 0.5) is 0 Å². The van der Waals surface area contributed by atoms with Crippen molar-refractivity contribution in [3.05, 3.63) is 35.9 Å². The van der Waals surface area contributed by atoms with E-state index in [1.807, 2.05) is 24.3 Å². The molecule has 0 saturated carbocycles. The van der Waals surface area contributed by atoms with Crippen LogP contribution in [0.1, 0.15) is 19.4 Å². The first-order chi connectivity index (χ1) is 7.24. The minimum atomic E-state index is 0.0439. The van der Waals surface area contributed by atoms with Gasteiger partial charge in [0.15, 0.2) is 0 Å². The Morgan fingerprint density at radius 1 is 1.33 bits per heavy atom. The summed E-state index contributed by atoms with van der Waals surface area (Å²) in [5.74, 6) is 1.35. The van der Waals surface area contributed by atoms with E-state index < -0.39 is 0 Å². The maximum absolute atomic E-state index is 8.69. The van der Waals surface area contributed by atoms with E-state index in [0.717, 1.165) is 11.3 Å². The summed E-state index contributed by atoms with van der Waals surface area (Å²) in [6, 6.07) is 7.83. The number of allylic oxidation sites excluding steroid dienone is 1. The van der Waals surface area contributed by atoms with Gasteiger partial charge in [-0.3, -0.25) is 0 Å². The van der Waals surface area contributed by atoms with Gasteiger partial charge in [-0.05, 0) is 12.0 Å². The molecule has 0 amide bonds. The summed E-state index contributed by atoms with van der Waals surface area (Å²) in [5, 5.41) is 8.69. The Hall–Kier alpha value is -1.28. The van der Waals surface area contributed by atoms with Crippen molar-refractivity contribution in [2.45, 2.75) is 13.8 Å². The second-order valence-electron chi connectivity index (χ2n) is 3.71. The Balaban J connectivity index is 2.76. The molecule has 0 bridgehead atoms. The number of hydrogen-bond acceptors (Lipinski definition) is 2. The van der Waals surface area contributed by atoms with E-state index in [1.54, 1.807) is 0 Å². The molecule has 82 valence electrons. The topological polar surface area (TPSA) is 29.5 Å². The molecule has 1 N–H and O–H groups in total. The predicted octanol–water partition coefficient (Wildman–Crippen LogP) is 2.73. The highest BCUT2D eigenvalue weighted by atomic mass is 16.5. The highest BCUT2D eigenvalue weighted by Gasteiger charge is 1.98. The average Bonchev–Trinajstić information content (AvgIpc) is 2.24. The van der Waals surface area contributed by atoms with Crippen molar-refractivity contribution in [2.24, 2.45) is 5.92 Å². The molecule has 0 unspecified atom stereocenters. The number of aliphatic hydroxyl groups excluding tert-OH is 1. The molecule has 2 nitrogen and oxygen atoms in total. The lowest BCUT2D eigenvalue weighted by Crippen LogP contribution is -2.02. The summed E-state index contributed by atoms with van der Waals surface area (Å²) in [4.78, 5) is 0. The van der Waals surface area contributed by atoms with E-state index in [2.05, 4.69) is 26.0 Å². The average molecular weight is 206 g/mol. The Bertz CT molecular complexity index is 316. The summed E-state index contributed by atoms with van der Waals surface area (Å²) in [6.07, 6.45) is 4.18. The lowest BCUT2D eigenvalue weighted by atomic mass is 10.1. The molecule has 1 rings (SSSR count). The predicted molar refractivity (Wildman–Crippen MR) is 62.9 cm³/mol. The number of aliphatic hydroxyl groups is 1. The molecule has 15 heavy (non-hydrogen) atoms. The normalized spacial score (nSPS) is 11.2. The van der Waals surface area contributed by atoms with Gasteiger partial charge in [0, 0.05) is 5.56 Å². The Morgan fingerprint density at radius 3 is 2.73 bits per heavy atom. The minimum Gasteiger partial charge on any atom is -0.491 e. The van der Waals surface area contributed by atoms with Gasteiger partial charge < -0.3 is 9.84 Å². The van der Waals surface area contributed by atoms with Crippen molar-refractivity contribution in [1.29, 1.82) is 0 Å². The van der Waals surface area contributed by atoms with Crippen LogP contribution in [0.15, 0.2) is 30.3 Å². The largest absolute Gasteiger partial charge is 0.491 e. The Labute approximate surface area is 91.2 Å². The minimum absolute atomic E-state index is 0.0439. The van der Waals surface area contributed by atoms with E-state index in [1.165, 1.54) is 0 Å². The molecule has 0 fully saturated rings. The van der Waals surface area contributed by atoms with Crippen molar-refractivity contribution in [2.75, 3.05) is 13.2 Å². The van der Waals surface area contributed by atoms with Crippen LogP contribution in [-0.2, 0) is 0 Å². The molecule has 0 heterocycles. The second kappa shape index (κ2) is 6.25. The summed E-state index contributed by atoms with van der Waals surface area (Å²) < 4.78 is 5.42. The number of hydrogen-bond donors (Lipinski definition) is 1. The fourth-order valence-electron chi connectivity index (χ4n) is 1.20. The zero-order chi connectivity index (χ0) is 11.1. The molecule has 0 saturated heterocycles. The molecule has 0 aliphatic rings. The SMILES string of the molecule is CC(C)/C=C/c1ccccc1OCCO. The molecule has 0 aliphatic carbocycles. The molecule has 0 atom stereocenters. The summed E-state index contributed by atoms with van der Waals surface area (Å²) in [6.45, 7) is 4.65. The maximum atomic E-state index is 8.69. The van der Waals surface area contributed by atoms with Crippen molar-refractivity contribution in [3.63, 3.8) is 0 Å². The zero-order valence-electron chi connectivity index (χ0n) is 9.31. The van der Waals surface area contributed by atoms with E-state index in [9.17, 15) is 0 Å². The smallest absolute Gasteiger partial charge is 0.126 e. The van der Waals surface area contributed by atoms with Crippen LogP contribution < -0.4 is 4.74 Å². The molecule has 0 aliphatic heterocycles. The standard InChI is InChI=1S/C13H18O2/c1-11(2)7-8-12-5-3-4-6-13(12)15-10-9-14/h3-8,11,14H,9-10H2,1-2H3/b8-7+. The van der Waals surface area contributed by atoms with E-state index >= 15 is 0 Å². The van der Waals surface area contributed by atoms with Crippen molar-refractivity contribution in [3.8, 4) is 5.75 Å². The van der Waals surface area contributed by atoms with Crippen LogP contribution in [0.2, 0.25) is 0 Å². The van der Waals surface area contributed by atoms with Crippen molar-refractivity contribution in [1.82, 2.24) is 0 Å². The van der Waals surface area contributed by atoms with Gasteiger partial charge in [-0.15, -0.1) is 0 Å². The molecular weight excluding hydrogens is 188 g/mol. The van der Waals surface area contributed by atoms with Crippen molar-refractivity contribution < 1.29 is 9.84 Å². The summed E-state index contributed by atoms with van der Waals surface area (Å²) in [5.41, 5.74) is 1.06. The van der Waals surface area contributed by atoms with Gasteiger partial charge in [0.2, 0.25) is 0 Å². The second-order valence-corrected chi connectivity index (χ2v) is 3.71. The first-order valence-electron chi connectivity index (χ1n) is 5.25. The summed E-state index contributed by atoms with van der Waals surface area (Å²) >= 11 is 0. The fourth-order valence-corrected chi connectivity index (χ4v) is 1.20. The number of benzene rings is 1. The van der Waals surface area contributed by atoms with Gasteiger partial charge in [0.1, 0.15) is 12.4 Å². The molecule has 0 aromatic heterocycles. The third-order valence-corrected chi connectivity index (χ3v) is 1.93. The molecule has 2 heteroatoms. The lowest BCUT2D eigenvalue weighted by Gasteiger charge is -2.07. The van der Waals surface area contributed by atoms with E-state index in [4.69, 9.17) is 9.84 Å². The number of para-hydroxylation sites is 1. The van der Waals surface area contributed by atoms with Crippen LogP contribution in [0.3, 0.4) is 0 Å². The Kier molecular flexibility index (Phi) is 4.91. The lowest BCUT2D eigenvalue weighted by molar-refractivity contribution is 0.201. The number of rotatable bonds is 5. The fraction of sp³-hybridized carbons (Fsp3) is 0.385. The Morgan fingerprint density at radius 2 is 2.07 bits per heavy atom. The van der Waals surface area contributed by atoms with Crippen LogP contribution >= 0.6 is 0 Å². The van der Waals surface area contributed by atoms with Crippen LogP contribution in [0.25, 0.3) is 6.08 Å². The van der Waals surface area contributed by atoms with Gasteiger partial charge in [-0.25, -0.2) is 0 Å². The highest BCUT2D eigenvalue weighted by molar-refractivity contribution is 5.57. The van der Waals surface area contributed by atoms with Crippen LogP contribution in [-0.4, -0.2) is 18.3 Å². The zero-order valence-corrected chi connectivity index (χ0v) is 9.31. The first-order valence-corrected chi connectivity index (χ1v) is 5.25. The third-order valence-electron chi connectivity index (χ3n) is 1.93. The molecule has 1 aromatic carbocycles.